The van der Waals surface area contributed by atoms with Gasteiger partial charge in [-0.25, -0.2) is 0 Å². The predicted molar refractivity (Wildman–Crippen MR) is 117 cm³/mol. The van der Waals surface area contributed by atoms with Crippen LogP contribution < -0.4 is 24.3 Å². The summed E-state index contributed by atoms with van der Waals surface area (Å²) in [6, 6.07) is 4.74. The van der Waals surface area contributed by atoms with Crippen LogP contribution in [0.15, 0.2) is 34.5 Å². The molecule has 31 heavy (non-hydrogen) atoms. The number of azo groups is 1. The normalized spacial score (nSPS) is 11.7. The molecular weight excluding hydrogens is 449 g/mol. The zero-order valence-corrected chi connectivity index (χ0v) is 19.0. The van der Waals surface area contributed by atoms with Crippen molar-refractivity contribution in [3.05, 3.63) is 34.3 Å². The van der Waals surface area contributed by atoms with Crippen molar-refractivity contribution in [2.75, 3.05) is 33.8 Å². The van der Waals surface area contributed by atoms with E-state index < -0.39 is 17.7 Å². The van der Waals surface area contributed by atoms with Crippen molar-refractivity contribution in [2.24, 2.45) is 10.2 Å². The number of carbonyl (C=O) groups excluding carboxylic acids is 2. The van der Waals surface area contributed by atoms with Gasteiger partial charge in [-0.2, -0.15) is 5.11 Å². The number of Topliss-reactive ketones (excluding diaryl/α,β-unsaturated/α-hetero) is 1. The first-order valence-electron chi connectivity index (χ1n) is 8.82. The molecule has 0 saturated heterocycles. The maximum Gasteiger partial charge on any atom is 0.258 e. The quantitative estimate of drug-likeness (QED) is 0.420. The molecule has 1 atom stereocenters. The second-order valence-corrected chi connectivity index (χ2v) is 6.80. The Labute approximate surface area is 189 Å². The number of nitrogens with zero attached hydrogens (tertiary/aromatic N) is 2. The van der Waals surface area contributed by atoms with Gasteiger partial charge in [-0.05, 0) is 31.2 Å². The molecule has 0 bridgehead atoms. The Morgan fingerprint density at radius 1 is 0.903 bits per heavy atom. The van der Waals surface area contributed by atoms with Gasteiger partial charge in [-0.1, -0.05) is 23.2 Å². The molecule has 0 fully saturated rings. The summed E-state index contributed by atoms with van der Waals surface area (Å²) in [5.41, 5.74) is 0.351. The minimum Gasteiger partial charge on any atom is -0.494 e. The molecule has 0 aliphatic heterocycles. The van der Waals surface area contributed by atoms with E-state index in [9.17, 15) is 9.59 Å². The summed E-state index contributed by atoms with van der Waals surface area (Å²) >= 11 is 12.4. The predicted octanol–water partition coefficient (Wildman–Crippen LogP) is 4.71. The summed E-state index contributed by atoms with van der Waals surface area (Å²) in [5, 5.41) is 10.8. The average molecular weight is 470 g/mol. The van der Waals surface area contributed by atoms with Crippen molar-refractivity contribution in [1.82, 2.24) is 0 Å². The number of hydrogen-bond donors (Lipinski definition) is 1. The number of benzene rings is 2. The highest BCUT2D eigenvalue weighted by Crippen LogP contribution is 2.43. The molecule has 11 heteroatoms. The molecule has 0 radical (unpaired) electrons. The minimum atomic E-state index is -1.46. The maximum atomic E-state index is 12.8. The van der Waals surface area contributed by atoms with Crippen LogP contribution in [-0.2, 0) is 9.59 Å². The number of rotatable bonds is 9. The molecule has 2 aromatic rings. The first-order valence-corrected chi connectivity index (χ1v) is 9.57. The van der Waals surface area contributed by atoms with Crippen LogP contribution in [0.25, 0.3) is 0 Å². The Kier molecular flexibility index (Phi) is 8.47. The number of nitrogens with one attached hydrogen (secondary N) is 1. The van der Waals surface area contributed by atoms with E-state index in [0.29, 0.717) is 11.5 Å². The van der Waals surface area contributed by atoms with Gasteiger partial charge in [0.25, 0.3) is 5.91 Å². The van der Waals surface area contributed by atoms with Gasteiger partial charge in [-0.3, -0.25) is 9.59 Å². The number of ether oxygens (including phenoxy) is 4. The number of ketones is 1. The van der Waals surface area contributed by atoms with Crippen LogP contribution in [0, 0.1) is 0 Å². The van der Waals surface area contributed by atoms with Gasteiger partial charge in [0.1, 0.15) is 10.8 Å². The lowest BCUT2D eigenvalue weighted by Gasteiger charge is -2.15. The lowest BCUT2D eigenvalue weighted by molar-refractivity contribution is -0.126. The van der Waals surface area contributed by atoms with Gasteiger partial charge in [0, 0.05) is 0 Å². The van der Waals surface area contributed by atoms with Crippen molar-refractivity contribution in [1.29, 1.82) is 0 Å². The third kappa shape index (κ3) is 5.36. The fourth-order valence-corrected chi connectivity index (χ4v) is 3.11. The molecule has 0 aliphatic carbocycles. The molecule has 9 nitrogen and oxygen atoms in total. The Morgan fingerprint density at radius 2 is 1.52 bits per heavy atom. The van der Waals surface area contributed by atoms with Crippen molar-refractivity contribution in [2.45, 2.75) is 13.0 Å². The number of halogens is 2. The zero-order valence-electron chi connectivity index (χ0n) is 17.5. The molecule has 1 unspecified atom stereocenters. The lowest BCUT2D eigenvalue weighted by Crippen LogP contribution is -2.32. The van der Waals surface area contributed by atoms with E-state index in [2.05, 4.69) is 15.5 Å². The molecule has 2 rings (SSSR count). The fraction of sp³-hybridized carbons (Fsp3) is 0.300. The zero-order chi connectivity index (χ0) is 23.1. The second-order valence-electron chi connectivity index (χ2n) is 6.01. The average Bonchev–Trinajstić information content (AvgIpc) is 2.75. The highest BCUT2D eigenvalue weighted by atomic mass is 35.5. The van der Waals surface area contributed by atoms with Crippen LogP contribution >= 0.6 is 23.2 Å². The summed E-state index contributed by atoms with van der Waals surface area (Å²) < 4.78 is 20.8. The van der Waals surface area contributed by atoms with Crippen molar-refractivity contribution >= 4 is 46.3 Å². The Hall–Kier alpha value is -3.04. The molecular formula is C20H21Cl2N3O6. The SMILES string of the molecule is COc1ccc(Cl)c(OC)c1N=NC(C(C)=O)C(=O)Nc1ccc(OC)c(OC)c1Cl. The molecule has 2 aromatic carbocycles. The van der Waals surface area contributed by atoms with E-state index in [1.165, 1.54) is 41.4 Å². The minimum absolute atomic E-state index is 0.104. The molecule has 1 amide bonds. The van der Waals surface area contributed by atoms with Crippen molar-refractivity contribution < 1.29 is 28.5 Å². The highest BCUT2D eigenvalue weighted by Gasteiger charge is 2.26. The van der Waals surface area contributed by atoms with Gasteiger partial charge in [0.2, 0.25) is 6.04 Å². The standard InChI is InChI=1S/C20H21Cl2N3O6/c1-10(26)16(24-25-17-13(28-2)8-6-11(21)18(17)30-4)20(27)23-12-7-9-14(29-3)19(31-5)15(12)22/h6-9,16H,1-5H3,(H,23,27). The van der Waals surface area contributed by atoms with Gasteiger partial charge in [-0.15, -0.1) is 5.11 Å². The van der Waals surface area contributed by atoms with Gasteiger partial charge in [0.15, 0.2) is 28.7 Å². The Balaban J connectivity index is 2.38. The first kappa shape index (κ1) is 24.2. The number of methoxy groups -OCH3 is 4. The van der Waals surface area contributed by atoms with Gasteiger partial charge in [0.05, 0.1) is 39.1 Å². The molecule has 166 valence electrons. The van der Waals surface area contributed by atoms with Crippen LogP contribution in [0.1, 0.15) is 6.92 Å². The highest BCUT2D eigenvalue weighted by molar-refractivity contribution is 6.35. The van der Waals surface area contributed by atoms with E-state index in [4.69, 9.17) is 42.1 Å². The molecule has 0 heterocycles. The third-order valence-electron chi connectivity index (χ3n) is 4.12. The number of carbonyl (C=O) groups is 2. The van der Waals surface area contributed by atoms with E-state index in [-0.39, 0.29) is 32.9 Å². The van der Waals surface area contributed by atoms with E-state index in [1.807, 2.05) is 0 Å². The van der Waals surface area contributed by atoms with E-state index in [1.54, 1.807) is 18.2 Å². The summed E-state index contributed by atoms with van der Waals surface area (Å²) in [5.74, 6) is -0.181. The molecule has 0 saturated carbocycles. The van der Waals surface area contributed by atoms with Crippen LogP contribution in [-0.4, -0.2) is 46.2 Å². The summed E-state index contributed by atoms with van der Waals surface area (Å²) in [6.07, 6.45) is 0. The Morgan fingerprint density at radius 3 is 2.06 bits per heavy atom. The number of hydrogen-bond acceptors (Lipinski definition) is 8. The second kappa shape index (κ2) is 10.8. The van der Waals surface area contributed by atoms with Crippen LogP contribution in [0.4, 0.5) is 11.4 Å². The van der Waals surface area contributed by atoms with E-state index in [0.717, 1.165) is 0 Å². The lowest BCUT2D eigenvalue weighted by atomic mass is 10.2. The third-order valence-corrected chi connectivity index (χ3v) is 4.79. The maximum absolute atomic E-state index is 12.8. The summed E-state index contributed by atoms with van der Waals surface area (Å²) in [7, 11) is 5.69. The first-order chi connectivity index (χ1) is 14.8. The topological polar surface area (TPSA) is 108 Å². The molecule has 0 aliphatic rings. The molecule has 0 aromatic heterocycles. The summed E-state index contributed by atoms with van der Waals surface area (Å²) in [4.78, 5) is 24.9. The number of amides is 1. The smallest absolute Gasteiger partial charge is 0.258 e. The van der Waals surface area contributed by atoms with Gasteiger partial charge >= 0.3 is 0 Å². The van der Waals surface area contributed by atoms with Crippen LogP contribution in [0.5, 0.6) is 23.0 Å². The molecule has 1 N–H and O–H groups in total. The van der Waals surface area contributed by atoms with Crippen molar-refractivity contribution in [3.8, 4) is 23.0 Å². The van der Waals surface area contributed by atoms with E-state index >= 15 is 0 Å². The monoisotopic (exact) mass is 469 g/mol. The van der Waals surface area contributed by atoms with Crippen LogP contribution in [0.2, 0.25) is 10.0 Å². The molecule has 0 spiro atoms. The van der Waals surface area contributed by atoms with Crippen LogP contribution in [0.3, 0.4) is 0 Å². The van der Waals surface area contributed by atoms with Crippen molar-refractivity contribution in [3.63, 3.8) is 0 Å². The number of anilines is 1. The Bertz CT molecular complexity index is 1010. The fourth-order valence-electron chi connectivity index (χ4n) is 2.60. The largest absolute Gasteiger partial charge is 0.494 e. The van der Waals surface area contributed by atoms with Gasteiger partial charge < -0.3 is 24.3 Å². The summed E-state index contributed by atoms with van der Waals surface area (Å²) in [6.45, 7) is 1.21.